The third-order valence-corrected chi connectivity index (χ3v) is 7.50. The Morgan fingerprint density at radius 2 is 1.88 bits per heavy atom. The van der Waals surface area contributed by atoms with Gasteiger partial charge in [0.15, 0.2) is 6.61 Å². The molecule has 1 aliphatic rings. The van der Waals surface area contributed by atoms with E-state index in [4.69, 9.17) is 4.74 Å². The summed E-state index contributed by atoms with van der Waals surface area (Å²) in [5.74, 6) is -1.39. The maximum Gasteiger partial charge on any atom is 0.338 e. The molecule has 2 aromatic carbocycles. The molecule has 0 bridgehead atoms. The lowest BCUT2D eigenvalue weighted by Crippen LogP contribution is -2.41. The highest BCUT2D eigenvalue weighted by Crippen LogP contribution is 2.25. The molecule has 0 radical (unpaired) electrons. The van der Waals surface area contributed by atoms with E-state index in [0.29, 0.717) is 17.8 Å². The van der Waals surface area contributed by atoms with Gasteiger partial charge in [-0.15, -0.1) is 0 Å². The molecule has 0 saturated carbocycles. The molecule has 1 atom stereocenters. The van der Waals surface area contributed by atoms with E-state index in [0.717, 1.165) is 19.3 Å². The summed E-state index contributed by atoms with van der Waals surface area (Å²) >= 11 is 0. The lowest BCUT2D eigenvalue weighted by Gasteiger charge is -2.32. The molecule has 1 heterocycles. The van der Waals surface area contributed by atoms with E-state index < -0.39 is 33.4 Å². The van der Waals surface area contributed by atoms with E-state index in [2.05, 4.69) is 5.32 Å². The molecule has 0 aliphatic carbocycles. The van der Waals surface area contributed by atoms with Crippen molar-refractivity contribution in [3.63, 3.8) is 0 Å². The van der Waals surface area contributed by atoms with Crippen LogP contribution in [0.5, 0.6) is 0 Å². The lowest BCUT2D eigenvalue weighted by molar-refractivity contribution is -0.384. The number of nitro groups is 1. The summed E-state index contributed by atoms with van der Waals surface area (Å²) in [6, 6.07) is 9.31. The minimum atomic E-state index is -3.65. The van der Waals surface area contributed by atoms with Gasteiger partial charge in [-0.2, -0.15) is 4.31 Å². The number of nitrogens with one attached hydrogen (secondary N) is 1. The number of hydrogen-bond acceptors (Lipinski definition) is 7. The van der Waals surface area contributed by atoms with Crippen LogP contribution in [0.25, 0.3) is 0 Å². The van der Waals surface area contributed by atoms with Crippen LogP contribution in [0.1, 0.15) is 42.1 Å². The van der Waals surface area contributed by atoms with Gasteiger partial charge in [0.25, 0.3) is 11.6 Å². The highest BCUT2D eigenvalue weighted by Gasteiger charge is 2.31. The van der Waals surface area contributed by atoms with E-state index in [9.17, 15) is 28.1 Å². The summed E-state index contributed by atoms with van der Waals surface area (Å²) in [4.78, 5) is 34.7. The molecule has 0 aromatic heterocycles. The molecule has 11 heteroatoms. The highest BCUT2D eigenvalue weighted by atomic mass is 32.2. The summed E-state index contributed by atoms with van der Waals surface area (Å²) in [6.07, 6.45) is 2.62. The molecule has 1 N–H and O–H groups in total. The van der Waals surface area contributed by atoms with Crippen molar-refractivity contribution in [3.05, 3.63) is 63.7 Å². The first-order chi connectivity index (χ1) is 15.6. The van der Waals surface area contributed by atoms with Crippen LogP contribution in [0.3, 0.4) is 0 Å². The summed E-state index contributed by atoms with van der Waals surface area (Å²) in [5, 5.41) is 13.3. The zero-order valence-corrected chi connectivity index (χ0v) is 19.1. The molecule has 1 unspecified atom stereocenters. The Bertz CT molecular complexity index is 1160. The number of hydrogen-bond donors (Lipinski definition) is 1. The van der Waals surface area contributed by atoms with E-state index >= 15 is 0 Å². The summed E-state index contributed by atoms with van der Waals surface area (Å²) < 4.78 is 32.2. The normalized spacial score (nSPS) is 16.7. The number of nitrogens with zero attached hydrogens (tertiary/aromatic N) is 2. The van der Waals surface area contributed by atoms with Crippen LogP contribution < -0.4 is 5.32 Å². The maximum absolute atomic E-state index is 12.9. The molecular weight excluding hydrogens is 450 g/mol. The zero-order chi connectivity index (χ0) is 24.2. The zero-order valence-electron chi connectivity index (χ0n) is 18.3. The van der Waals surface area contributed by atoms with Crippen LogP contribution in [0.2, 0.25) is 0 Å². The number of ether oxygens (including phenoxy) is 1. The lowest BCUT2D eigenvalue weighted by atomic mass is 10.1. The number of carbonyl (C=O) groups is 2. The molecule has 1 saturated heterocycles. The Morgan fingerprint density at radius 1 is 1.18 bits per heavy atom. The molecule has 1 aliphatic heterocycles. The maximum atomic E-state index is 12.9. The van der Waals surface area contributed by atoms with Gasteiger partial charge in [0.1, 0.15) is 0 Å². The van der Waals surface area contributed by atoms with Crippen LogP contribution in [0.15, 0.2) is 47.4 Å². The van der Waals surface area contributed by atoms with Crippen molar-refractivity contribution in [2.45, 2.75) is 44.0 Å². The van der Waals surface area contributed by atoms with Gasteiger partial charge >= 0.3 is 5.97 Å². The standard InChI is InChI=1S/C22H25N3O7S/c1-15-13-18(25(28)29)8-11-20(15)23-21(26)14-32-22(27)17-6-9-19(10-7-17)33(30,31)24-12-4-3-5-16(24)2/h6-11,13,16H,3-5,12,14H2,1-2H3,(H,23,26). The average molecular weight is 476 g/mol. The second kappa shape index (κ2) is 10.1. The number of anilines is 1. The van der Waals surface area contributed by atoms with Gasteiger partial charge in [-0.05, 0) is 62.6 Å². The number of amides is 1. The van der Waals surface area contributed by atoms with Gasteiger partial charge in [0, 0.05) is 30.4 Å². The average Bonchev–Trinajstić information content (AvgIpc) is 2.79. The highest BCUT2D eigenvalue weighted by molar-refractivity contribution is 7.89. The van der Waals surface area contributed by atoms with Crippen molar-refractivity contribution in [1.82, 2.24) is 4.31 Å². The number of nitro benzene ring substituents is 1. The van der Waals surface area contributed by atoms with Crippen LogP contribution in [-0.2, 0) is 19.6 Å². The number of non-ortho nitro benzene ring substituents is 1. The number of benzene rings is 2. The first-order valence-corrected chi connectivity index (χ1v) is 11.9. The number of carbonyl (C=O) groups excluding carboxylic acids is 2. The second-order valence-corrected chi connectivity index (χ2v) is 9.76. The molecule has 176 valence electrons. The molecule has 0 spiro atoms. The number of aryl methyl sites for hydroxylation is 1. The van der Waals surface area contributed by atoms with E-state index in [1.54, 1.807) is 6.92 Å². The smallest absolute Gasteiger partial charge is 0.338 e. The Hall–Kier alpha value is -3.31. The van der Waals surface area contributed by atoms with Crippen molar-refractivity contribution in [2.75, 3.05) is 18.5 Å². The third-order valence-electron chi connectivity index (χ3n) is 5.47. The summed E-state index contributed by atoms with van der Waals surface area (Å²) in [6.45, 7) is 3.39. The van der Waals surface area contributed by atoms with E-state index in [1.165, 1.54) is 46.8 Å². The number of piperidine rings is 1. The van der Waals surface area contributed by atoms with Gasteiger partial charge in [-0.3, -0.25) is 14.9 Å². The first-order valence-electron chi connectivity index (χ1n) is 10.4. The molecular formula is C22H25N3O7S. The third kappa shape index (κ3) is 5.74. The van der Waals surface area contributed by atoms with Crippen molar-refractivity contribution in [2.24, 2.45) is 0 Å². The Kier molecular flexibility index (Phi) is 7.44. The van der Waals surface area contributed by atoms with Gasteiger partial charge in [0.05, 0.1) is 15.4 Å². The van der Waals surface area contributed by atoms with Gasteiger partial charge in [-0.25, -0.2) is 13.2 Å². The minimum Gasteiger partial charge on any atom is -0.452 e. The minimum absolute atomic E-state index is 0.0775. The SMILES string of the molecule is Cc1cc([N+](=O)[O-])ccc1NC(=O)COC(=O)c1ccc(S(=O)(=O)N2CCCCC2C)cc1. The second-order valence-electron chi connectivity index (χ2n) is 7.87. The van der Waals surface area contributed by atoms with Gasteiger partial charge < -0.3 is 10.1 Å². The van der Waals surface area contributed by atoms with Crippen molar-refractivity contribution >= 4 is 33.3 Å². The number of esters is 1. The Morgan fingerprint density at radius 3 is 2.48 bits per heavy atom. The van der Waals surface area contributed by atoms with E-state index in [-0.39, 0.29) is 22.2 Å². The van der Waals surface area contributed by atoms with Crippen molar-refractivity contribution < 1.29 is 27.7 Å². The fourth-order valence-electron chi connectivity index (χ4n) is 3.63. The molecule has 1 amide bonds. The predicted molar refractivity (Wildman–Crippen MR) is 120 cm³/mol. The fraction of sp³-hybridized carbons (Fsp3) is 0.364. The van der Waals surface area contributed by atoms with Crippen LogP contribution in [0, 0.1) is 17.0 Å². The topological polar surface area (TPSA) is 136 Å². The fourth-order valence-corrected chi connectivity index (χ4v) is 5.33. The van der Waals surface area contributed by atoms with Gasteiger partial charge in [0.2, 0.25) is 10.0 Å². The first kappa shape index (κ1) is 24.3. The molecule has 2 aromatic rings. The quantitative estimate of drug-likeness (QED) is 0.369. The Balaban J connectivity index is 1.58. The van der Waals surface area contributed by atoms with Gasteiger partial charge in [-0.1, -0.05) is 6.42 Å². The molecule has 33 heavy (non-hydrogen) atoms. The van der Waals surface area contributed by atoms with Crippen LogP contribution >= 0.6 is 0 Å². The molecule has 10 nitrogen and oxygen atoms in total. The summed E-state index contributed by atoms with van der Waals surface area (Å²) in [5.41, 5.74) is 0.865. The molecule has 1 fully saturated rings. The van der Waals surface area contributed by atoms with Crippen molar-refractivity contribution in [1.29, 1.82) is 0 Å². The number of rotatable bonds is 7. The molecule has 3 rings (SSSR count). The van der Waals surface area contributed by atoms with E-state index in [1.807, 2.05) is 6.92 Å². The Labute approximate surface area is 191 Å². The number of sulfonamides is 1. The van der Waals surface area contributed by atoms with Crippen LogP contribution in [-0.4, -0.2) is 48.7 Å². The monoisotopic (exact) mass is 475 g/mol. The largest absolute Gasteiger partial charge is 0.452 e. The van der Waals surface area contributed by atoms with Crippen molar-refractivity contribution in [3.8, 4) is 0 Å². The predicted octanol–water partition coefficient (Wildman–Crippen LogP) is 3.26. The summed E-state index contributed by atoms with van der Waals surface area (Å²) in [7, 11) is -3.65. The van der Waals surface area contributed by atoms with Crippen LogP contribution in [0.4, 0.5) is 11.4 Å².